The Labute approximate surface area is 125 Å². The van der Waals surface area contributed by atoms with E-state index in [4.69, 9.17) is 4.84 Å². The standard InChI is InChI=1S/C17H22N2O2/c1-13-8-10-19(11-9-13)16(20)17(2)12-15(18-21-17)14-6-4-3-5-7-14/h3-7,13H,8-12H2,1-2H3/t17-/m1/s1. The van der Waals surface area contributed by atoms with Crippen LogP contribution in [0.5, 0.6) is 0 Å². The first-order chi connectivity index (χ1) is 10.1. The second-order valence-corrected chi connectivity index (χ2v) is 6.38. The van der Waals surface area contributed by atoms with Gasteiger partial charge in [0.25, 0.3) is 5.91 Å². The highest BCUT2D eigenvalue weighted by Crippen LogP contribution is 2.30. The molecule has 2 heterocycles. The number of carbonyl (C=O) groups excluding carboxylic acids is 1. The quantitative estimate of drug-likeness (QED) is 0.839. The van der Waals surface area contributed by atoms with E-state index in [2.05, 4.69) is 12.1 Å². The number of amides is 1. The molecule has 0 aliphatic carbocycles. The maximum Gasteiger partial charge on any atom is 0.269 e. The van der Waals surface area contributed by atoms with Crippen LogP contribution in [0.3, 0.4) is 0 Å². The SMILES string of the molecule is CC1CCN(C(=O)[C@@]2(C)CC(c3ccccc3)=NO2)CC1. The molecule has 0 saturated carbocycles. The summed E-state index contributed by atoms with van der Waals surface area (Å²) in [4.78, 5) is 20.2. The van der Waals surface area contributed by atoms with E-state index in [1.807, 2.05) is 42.2 Å². The van der Waals surface area contributed by atoms with Crippen molar-refractivity contribution in [3.8, 4) is 0 Å². The van der Waals surface area contributed by atoms with Crippen LogP contribution in [0, 0.1) is 5.92 Å². The maximum atomic E-state index is 12.7. The molecule has 2 aliphatic rings. The van der Waals surface area contributed by atoms with Gasteiger partial charge in [-0.25, -0.2) is 0 Å². The molecular weight excluding hydrogens is 264 g/mol. The lowest BCUT2D eigenvalue weighted by atomic mass is 9.92. The average Bonchev–Trinajstić information content (AvgIpc) is 2.92. The molecule has 3 rings (SSSR count). The third-order valence-corrected chi connectivity index (χ3v) is 4.49. The first-order valence-corrected chi connectivity index (χ1v) is 7.68. The molecule has 1 aromatic carbocycles. The minimum Gasteiger partial charge on any atom is -0.379 e. The van der Waals surface area contributed by atoms with Gasteiger partial charge in [-0.2, -0.15) is 0 Å². The van der Waals surface area contributed by atoms with Crippen LogP contribution in [0.4, 0.5) is 0 Å². The number of oxime groups is 1. The predicted octanol–water partition coefficient (Wildman–Crippen LogP) is 2.83. The van der Waals surface area contributed by atoms with Gasteiger partial charge in [0, 0.05) is 19.5 Å². The van der Waals surface area contributed by atoms with Crippen molar-refractivity contribution in [3.63, 3.8) is 0 Å². The number of nitrogens with zero attached hydrogens (tertiary/aromatic N) is 2. The molecule has 2 aliphatic heterocycles. The third kappa shape index (κ3) is 2.80. The Morgan fingerprint density at radius 2 is 1.95 bits per heavy atom. The molecular formula is C17H22N2O2. The van der Waals surface area contributed by atoms with Gasteiger partial charge in [-0.15, -0.1) is 0 Å². The van der Waals surface area contributed by atoms with Gasteiger partial charge in [-0.05, 0) is 31.2 Å². The molecule has 21 heavy (non-hydrogen) atoms. The average molecular weight is 286 g/mol. The van der Waals surface area contributed by atoms with Gasteiger partial charge in [-0.1, -0.05) is 42.4 Å². The number of benzene rings is 1. The number of hydrogen-bond acceptors (Lipinski definition) is 3. The summed E-state index contributed by atoms with van der Waals surface area (Å²) < 4.78 is 0. The highest BCUT2D eigenvalue weighted by Gasteiger charge is 2.45. The summed E-state index contributed by atoms with van der Waals surface area (Å²) in [6.07, 6.45) is 2.70. The van der Waals surface area contributed by atoms with Crippen LogP contribution < -0.4 is 0 Å². The van der Waals surface area contributed by atoms with E-state index in [1.54, 1.807) is 0 Å². The van der Waals surface area contributed by atoms with Crippen LogP contribution in [-0.4, -0.2) is 35.2 Å². The van der Waals surface area contributed by atoms with E-state index in [-0.39, 0.29) is 5.91 Å². The van der Waals surface area contributed by atoms with E-state index >= 15 is 0 Å². The van der Waals surface area contributed by atoms with Gasteiger partial charge < -0.3 is 9.74 Å². The topological polar surface area (TPSA) is 41.9 Å². The second-order valence-electron chi connectivity index (χ2n) is 6.38. The van der Waals surface area contributed by atoms with Crippen molar-refractivity contribution in [1.29, 1.82) is 0 Å². The zero-order valence-electron chi connectivity index (χ0n) is 12.7. The van der Waals surface area contributed by atoms with Crippen molar-refractivity contribution < 1.29 is 9.63 Å². The highest BCUT2D eigenvalue weighted by molar-refractivity contribution is 6.05. The number of piperidine rings is 1. The van der Waals surface area contributed by atoms with Crippen LogP contribution in [0.1, 0.15) is 38.7 Å². The van der Waals surface area contributed by atoms with E-state index < -0.39 is 5.60 Å². The third-order valence-electron chi connectivity index (χ3n) is 4.49. The van der Waals surface area contributed by atoms with Gasteiger partial charge in [0.1, 0.15) is 0 Å². The molecule has 1 fully saturated rings. The molecule has 4 nitrogen and oxygen atoms in total. The summed E-state index contributed by atoms with van der Waals surface area (Å²) in [5, 5.41) is 4.16. The summed E-state index contributed by atoms with van der Waals surface area (Å²) in [6, 6.07) is 9.92. The van der Waals surface area contributed by atoms with Gasteiger partial charge in [-0.3, -0.25) is 4.79 Å². The second kappa shape index (κ2) is 5.51. The Hall–Kier alpha value is -1.84. The van der Waals surface area contributed by atoms with Crippen molar-refractivity contribution in [2.24, 2.45) is 11.1 Å². The molecule has 1 amide bonds. The Balaban J connectivity index is 1.68. The molecule has 0 unspecified atom stereocenters. The molecule has 0 spiro atoms. The molecule has 1 aromatic rings. The lowest BCUT2D eigenvalue weighted by Crippen LogP contribution is -2.49. The Morgan fingerprint density at radius 1 is 1.29 bits per heavy atom. The first kappa shape index (κ1) is 14.1. The molecule has 0 radical (unpaired) electrons. The van der Waals surface area contributed by atoms with E-state index in [9.17, 15) is 4.79 Å². The minimum absolute atomic E-state index is 0.0732. The summed E-state index contributed by atoms with van der Waals surface area (Å²) in [5.41, 5.74) is 1.05. The predicted molar refractivity (Wildman–Crippen MR) is 82.1 cm³/mol. The van der Waals surface area contributed by atoms with Crippen LogP contribution in [0.2, 0.25) is 0 Å². The molecule has 4 heteroatoms. The Morgan fingerprint density at radius 3 is 2.62 bits per heavy atom. The maximum absolute atomic E-state index is 12.7. The van der Waals surface area contributed by atoms with Crippen LogP contribution in [0.25, 0.3) is 0 Å². The Kier molecular flexibility index (Phi) is 3.70. The molecule has 0 N–H and O–H groups in total. The largest absolute Gasteiger partial charge is 0.379 e. The van der Waals surface area contributed by atoms with Crippen LogP contribution >= 0.6 is 0 Å². The fraction of sp³-hybridized carbons (Fsp3) is 0.529. The fourth-order valence-corrected chi connectivity index (χ4v) is 2.99. The number of rotatable bonds is 2. The fourth-order valence-electron chi connectivity index (χ4n) is 2.99. The van der Waals surface area contributed by atoms with E-state index in [1.165, 1.54) is 0 Å². The lowest BCUT2D eigenvalue weighted by Gasteiger charge is -2.34. The molecule has 1 saturated heterocycles. The van der Waals surface area contributed by atoms with Crippen molar-refractivity contribution >= 4 is 11.6 Å². The van der Waals surface area contributed by atoms with Crippen LogP contribution in [0.15, 0.2) is 35.5 Å². The highest BCUT2D eigenvalue weighted by atomic mass is 16.7. The van der Waals surface area contributed by atoms with Crippen LogP contribution in [-0.2, 0) is 9.63 Å². The number of carbonyl (C=O) groups is 1. The van der Waals surface area contributed by atoms with Gasteiger partial charge >= 0.3 is 0 Å². The lowest BCUT2D eigenvalue weighted by molar-refractivity contribution is -0.154. The normalized spacial score (nSPS) is 26.4. The summed E-state index contributed by atoms with van der Waals surface area (Å²) in [7, 11) is 0. The van der Waals surface area contributed by atoms with Gasteiger partial charge in [0.2, 0.25) is 5.60 Å². The first-order valence-electron chi connectivity index (χ1n) is 7.68. The molecule has 1 atom stereocenters. The van der Waals surface area contributed by atoms with Crippen molar-refractivity contribution in [2.75, 3.05) is 13.1 Å². The minimum atomic E-state index is -0.842. The summed E-state index contributed by atoms with van der Waals surface area (Å²) >= 11 is 0. The molecule has 112 valence electrons. The van der Waals surface area contributed by atoms with Gasteiger partial charge in [0.15, 0.2) is 0 Å². The molecule has 0 bridgehead atoms. The number of likely N-dealkylation sites (tertiary alicyclic amines) is 1. The van der Waals surface area contributed by atoms with E-state index in [0.29, 0.717) is 12.3 Å². The zero-order valence-corrected chi connectivity index (χ0v) is 12.7. The van der Waals surface area contributed by atoms with E-state index in [0.717, 1.165) is 37.2 Å². The van der Waals surface area contributed by atoms with Crippen molar-refractivity contribution in [1.82, 2.24) is 4.90 Å². The molecule has 0 aromatic heterocycles. The smallest absolute Gasteiger partial charge is 0.269 e. The monoisotopic (exact) mass is 286 g/mol. The number of hydrogen-bond donors (Lipinski definition) is 0. The summed E-state index contributed by atoms with van der Waals surface area (Å²) in [5.74, 6) is 0.784. The van der Waals surface area contributed by atoms with Crippen molar-refractivity contribution in [2.45, 2.75) is 38.7 Å². The Bertz CT molecular complexity index is 547. The van der Waals surface area contributed by atoms with Gasteiger partial charge in [0.05, 0.1) is 5.71 Å². The summed E-state index contributed by atoms with van der Waals surface area (Å²) in [6.45, 7) is 5.76. The van der Waals surface area contributed by atoms with Crippen molar-refractivity contribution in [3.05, 3.63) is 35.9 Å². The zero-order chi connectivity index (χ0) is 14.9.